The average Bonchev–Trinajstić information content (AvgIpc) is 2.75. The van der Waals surface area contributed by atoms with Crippen molar-refractivity contribution in [3.63, 3.8) is 0 Å². The number of nitrogens with two attached hydrogens (primary N) is 1. The summed E-state index contributed by atoms with van der Waals surface area (Å²) >= 11 is 0. The lowest BCUT2D eigenvalue weighted by molar-refractivity contribution is 0.382. The Bertz CT molecular complexity index is 567. The third-order valence-corrected chi connectivity index (χ3v) is 3.69. The van der Waals surface area contributed by atoms with E-state index < -0.39 is 0 Å². The number of fused-ring (bicyclic) bond motifs is 1. The molecule has 0 aromatic carbocycles. The van der Waals surface area contributed by atoms with Gasteiger partial charge in [0.15, 0.2) is 0 Å². The molecule has 1 aliphatic heterocycles. The van der Waals surface area contributed by atoms with Crippen molar-refractivity contribution >= 4 is 16.9 Å². The first-order valence-electron chi connectivity index (χ1n) is 6.24. The molecule has 6 nitrogen and oxygen atoms in total. The Morgan fingerprint density at radius 3 is 3.06 bits per heavy atom. The normalized spacial score (nSPS) is 24.7. The highest BCUT2D eigenvalue weighted by atomic mass is 16.5. The molecule has 2 aromatic heterocycles. The highest BCUT2D eigenvalue weighted by molar-refractivity contribution is 5.87. The molecule has 2 N–H and O–H groups in total. The van der Waals surface area contributed by atoms with Gasteiger partial charge < -0.3 is 15.2 Å². The van der Waals surface area contributed by atoms with Crippen LogP contribution in [0, 0.1) is 12.8 Å². The molecule has 0 amide bonds. The first-order chi connectivity index (χ1) is 8.66. The van der Waals surface area contributed by atoms with Crippen molar-refractivity contribution in [3.05, 3.63) is 12.0 Å². The van der Waals surface area contributed by atoms with Gasteiger partial charge in [0.05, 0.1) is 5.69 Å². The highest BCUT2D eigenvalue weighted by Crippen LogP contribution is 2.28. The van der Waals surface area contributed by atoms with Crippen molar-refractivity contribution in [1.82, 2.24) is 15.1 Å². The quantitative estimate of drug-likeness (QED) is 0.812. The maximum Gasteiger partial charge on any atom is 0.263 e. The van der Waals surface area contributed by atoms with Crippen LogP contribution >= 0.6 is 0 Å². The Morgan fingerprint density at radius 2 is 2.28 bits per heavy atom. The fraction of sp³-hybridized carbons (Fsp3) is 0.583. The fourth-order valence-corrected chi connectivity index (χ4v) is 2.50. The summed E-state index contributed by atoms with van der Waals surface area (Å²) in [7, 11) is 0. The van der Waals surface area contributed by atoms with Gasteiger partial charge in [-0.2, -0.15) is 4.98 Å². The van der Waals surface area contributed by atoms with Gasteiger partial charge in [0.1, 0.15) is 17.5 Å². The van der Waals surface area contributed by atoms with Crippen LogP contribution in [0.5, 0.6) is 0 Å². The van der Waals surface area contributed by atoms with E-state index in [4.69, 9.17) is 10.3 Å². The Morgan fingerprint density at radius 1 is 1.44 bits per heavy atom. The number of nitrogens with zero attached hydrogens (tertiary/aromatic N) is 4. The number of hydrogen-bond acceptors (Lipinski definition) is 6. The van der Waals surface area contributed by atoms with Crippen LogP contribution in [0.15, 0.2) is 10.9 Å². The van der Waals surface area contributed by atoms with E-state index >= 15 is 0 Å². The Labute approximate surface area is 105 Å². The van der Waals surface area contributed by atoms with E-state index in [1.54, 1.807) is 0 Å². The number of aromatic nitrogens is 3. The molecule has 18 heavy (non-hydrogen) atoms. The van der Waals surface area contributed by atoms with Gasteiger partial charge in [-0.25, -0.2) is 4.98 Å². The minimum atomic E-state index is 0.280. The first-order valence-corrected chi connectivity index (χ1v) is 6.24. The van der Waals surface area contributed by atoms with Gasteiger partial charge in [-0.05, 0) is 19.3 Å². The highest BCUT2D eigenvalue weighted by Gasteiger charge is 2.26. The summed E-state index contributed by atoms with van der Waals surface area (Å²) in [5, 5.41) is 4.87. The molecular formula is C12H17N5O. The molecule has 2 atom stereocenters. The molecule has 1 saturated heterocycles. The summed E-state index contributed by atoms with van der Waals surface area (Å²) in [6.07, 6.45) is 2.51. The lowest BCUT2D eigenvalue weighted by Gasteiger charge is -2.35. The lowest BCUT2D eigenvalue weighted by Crippen LogP contribution is -2.46. The molecule has 0 aliphatic carbocycles. The second-order valence-corrected chi connectivity index (χ2v) is 5.02. The zero-order valence-electron chi connectivity index (χ0n) is 10.6. The Hall–Kier alpha value is -1.69. The van der Waals surface area contributed by atoms with E-state index in [9.17, 15) is 0 Å². The summed E-state index contributed by atoms with van der Waals surface area (Å²) in [6, 6.07) is 0.280. The molecule has 2 unspecified atom stereocenters. The van der Waals surface area contributed by atoms with Crippen LogP contribution in [-0.4, -0.2) is 34.3 Å². The Balaban J connectivity index is 2.01. The van der Waals surface area contributed by atoms with Gasteiger partial charge in [0.25, 0.3) is 5.71 Å². The molecule has 0 spiro atoms. The maximum absolute atomic E-state index is 6.05. The summed E-state index contributed by atoms with van der Waals surface area (Å²) in [4.78, 5) is 10.7. The third-order valence-electron chi connectivity index (χ3n) is 3.69. The average molecular weight is 247 g/mol. The van der Waals surface area contributed by atoms with E-state index in [0.717, 1.165) is 36.4 Å². The van der Waals surface area contributed by atoms with Crippen LogP contribution in [0.4, 0.5) is 5.82 Å². The molecule has 2 aromatic rings. The van der Waals surface area contributed by atoms with Crippen LogP contribution in [-0.2, 0) is 0 Å². The molecule has 3 rings (SSSR count). The standard InChI is InChI=1S/C12H17N5O/c1-7-5-17(4-3-9(7)13)11-10-8(2)16-18-12(10)15-6-14-11/h6-7,9H,3-5,13H2,1-2H3. The fourth-order valence-electron chi connectivity index (χ4n) is 2.50. The lowest BCUT2D eigenvalue weighted by atomic mass is 9.95. The maximum atomic E-state index is 6.05. The van der Waals surface area contributed by atoms with E-state index in [-0.39, 0.29) is 6.04 Å². The Kier molecular flexibility index (Phi) is 2.66. The molecule has 0 bridgehead atoms. The largest absolute Gasteiger partial charge is 0.355 e. The van der Waals surface area contributed by atoms with E-state index in [1.165, 1.54) is 6.33 Å². The second kappa shape index (κ2) is 4.20. The molecule has 3 heterocycles. The van der Waals surface area contributed by atoms with Crippen molar-refractivity contribution in [1.29, 1.82) is 0 Å². The van der Waals surface area contributed by atoms with Crippen LogP contribution in [0.2, 0.25) is 0 Å². The summed E-state index contributed by atoms with van der Waals surface area (Å²) in [5.41, 5.74) is 7.44. The zero-order valence-corrected chi connectivity index (χ0v) is 10.6. The summed E-state index contributed by atoms with van der Waals surface area (Å²) < 4.78 is 5.18. The number of hydrogen-bond donors (Lipinski definition) is 1. The number of aryl methyl sites for hydroxylation is 1. The van der Waals surface area contributed by atoms with Crippen LogP contribution < -0.4 is 10.6 Å². The summed E-state index contributed by atoms with van der Waals surface area (Å²) in [6.45, 7) is 5.92. The van der Waals surface area contributed by atoms with Crippen LogP contribution in [0.1, 0.15) is 19.0 Å². The molecule has 96 valence electrons. The third kappa shape index (κ3) is 1.73. The van der Waals surface area contributed by atoms with Crippen molar-refractivity contribution in [2.45, 2.75) is 26.3 Å². The predicted octanol–water partition coefficient (Wildman–Crippen LogP) is 1.10. The minimum Gasteiger partial charge on any atom is -0.355 e. The van der Waals surface area contributed by atoms with Crippen molar-refractivity contribution in [2.24, 2.45) is 11.7 Å². The van der Waals surface area contributed by atoms with Crippen LogP contribution in [0.25, 0.3) is 11.1 Å². The topological polar surface area (TPSA) is 81.1 Å². The smallest absolute Gasteiger partial charge is 0.263 e. The minimum absolute atomic E-state index is 0.280. The molecule has 6 heteroatoms. The number of anilines is 1. The van der Waals surface area contributed by atoms with Gasteiger partial charge >= 0.3 is 0 Å². The number of piperidine rings is 1. The predicted molar refractivity (Wildman–Crippen MR) is 68.3 cm³/mol. The second-order valence-electron chi connectivity index (χ2n) is 5.02. The zero-order chi connectivity index (χ0) is 12.7. The van der Waals surface area contributed by atoms with Gasteiger partial charge in [-0.3, -0.25) is 0 Å². The van der Waals surface area contributed by atoms with E-state index in [2.05, 4.69) is 26.9 Å². The molecule has 0 saturated carbocycles. The molecular weight excluding hydrogens is 230 g/mol. The van der Waals surface area contributed by atoms with Crippen molar-refractivity contribution in [2.75, 3.05) is 18.0 Å². The van der Waals surface area contributed by atoms with E-state index in [0.29, 0.717) is 11.6 Å². The summed E-state index contributed by atoms with van der Waals surface area (Å²) in [5.74, 6) is 1.38. The molecule has 0 radical (unpaired) electrons. The van der Waals surface area contributed by atoms with Gasteiger partial charge in [-0.15, -0.1) is 0 Å². The van der Waals surface area contributed by atoms with Gasteiger partial charge in [0, 0.05) is 19.1 Å². The SMILES string of the molecule is Cc1noc2ncnc(N3CCC(N)C(C)C3)c12. The first kappa shape index (κ1) is 11.4. The monoisotopic (exact) mass is 247 g/mol. The van der Waals surface area contributed by atoms with Gasteiger partial charge in [0.2, 0.25) is 0 Å². The molecule has 1 fully saturated rings. The number of rotatable bonds is 1. The molecule has 1 aliphatic rings. The van der Waals surface area contributed by atoms with E-state index in [1.807, 2.05) is 6.92 Å². The van der Waals surface area contributed by atoms with Crippen molar-refractivity contribution < 1.29 is 4.52 Å². The van der Waals surface area contributed by atoms with Crippen molar-refractivity contribution in [3.8, 4) is 0 Å². The van der Waals surface area contributed by atoms with Crippen LogP contribution in [0.3, 0.4) is 0 Å². The van der Waals surface area contributed by atoms with Gasteiger partial charge in [-0.1, -0.05) is 12.1 Å².